The molecule has 0 aromatic heterocycles. The third-order valence-corrected chi connectivity index (χ3v) is 3.43. The Balaban J connectivity index is 2.53. The Labute approximate surface area is 128 Å². The van der Waals surface area contributed by atoms with E-state index in [9.17, 15) is 9.59 Å². The fourth-order valence-electron chi connectivity index (χ4n) is 2.47. The van der Waals surface area contributed by atoms with Gasteiger partial charge in [0.1, 0.15) is 11.6 Å². The summed E-state index contributed by atoms with van der Waals surface area (Å²) in [6.45, 7) is 11.7. The number of amides is 2. The summed E-state index contributed by atoms with van der Waals surface area (Å²) in [7, 11) is 0. The first-order valence-electron chi connectivity index (χ1n) is 7.86. The highest BCUT2D eigenvalue weighted by atomic mass is 16.6. The van der Waals surface area contributed by atoms with Crippen molar-refractivity contribution in [3.05, 3.63) is 0 Å². The van der Waals surface area contributed by atoms with Crippen molar-refractivity contribution < 1.29 is 14.3 Å². The molecule has 1 rings (SSSR count). The average molecular weight is 298 g/mol. The van der Waals surface area contributed by atoms with E-state index in [0.717, 1.165) is 12.8 Å². The zero-order chi connectivity index (χ0) is 16.2. The van der Waals surface area contributed by atoms with Crippen molar-refractivity contribution in [2.24, 2.45) is 11.8 Å². The Morgan fingerprint density at radius 1 is 1.24 bits per heavy atom. The van der Waals surface area contributed by atoms with Gasteiger partial charge in [0.2, 0.25) is 5.91 Å². The summed E-state index contributed by atoms with van der Waals surface area (Å²) < 4.78 is 5.23. The fraction of sp³-hybridized carbons (Fsp3) is 0.875. The van der Waals surface area contributed by atoms with Crippen LogP contribution in [0.15, 0.2) is 0 Å². The van der Waals surface area contributed by atoms with Crippen LogP contribution in [0.3, 0.4) is 0 Å². The summed E-state index contributed by atoms with van der Waals surface area (Å²) in [6.07, 6.45) is 2.11. The Morgan fingerprint density at radius 2 is 1.81 bits per heavy atom. The number of nitrogens with one attached hydrogen (secondary N) is 2. The molecule has 2 amide bonds. The maximum Gasteiger partial charge on any atom is 0.408 e. The molecule has 1 saturated carbocycles. The lowest BCUT2D eigenvalue weighted by atomic mass is 9.81. The molecule has 2 N–H and O–H groups in total. The first kappa shape index (κ1) is 17.8. The van der Waals surface area contributed by atoms with E-state index < -0.39 is 17.7 Å². The summed E-state index contributed by atoms with van der Waals surface area (Å²) in [5, 5.41) is 5.71. The van der Waals surface area contributed by atoms with Crippen molar-refractivity contribution in [3.63, 3.8) is 0 Å². The summed E-state index contributed by atoms with van der Waals surface area (Å²) in [6, 6.07) is -0.279. The number of carbonyl (C=O) groups excluding carboxylic acids is 2. The van der Waals surface area contributed by atoms with Crippen LogP contribution in [0.1, 0.15) is 60.8 Å². The molecule has 0 bridgehead atoms. The van der Waals surface area contributed by atoms with E-state index in [-0.39, 0.29) is 11.9 Å². The Bertz CT molecular complexity index is 368. The highest BCUT2D eigenvalue weighted by molar-refractivity contribution is 5.85. The van der Waals surface area contributed by atoms with Gasteiger partial charge in [-0.25, -0.2) is 4.79 Å². The predicted molar refractivity (Wildman–Crippen MR) is 82.9 cm³/mol. The smallest absolute Gasteiger partial charge is 0.408 e. The number of ether oxygens (including phenoxy) is 1. The molecule has 5 heteroatoms. The van der Waals surface area contributed by atoms with E-state index >= 15 is 0 Å². The van der Waals surface area contributed by atoms with Gasteiger partial charge >= 0.3 is 6.09 Å². The topological polar surface area (TPSA) is 67.4 Å². The minimum Gasteiger partial charge on any atom is -0.444 e. The zero-order valence-electron chi connectivity index (χ0n) is 14.2. The monoisotopic (exact) mass is 298 g/mol. The van der Waals surface area contributed by atoms with E-state index in [1.54, 1.807) is 20.8 Å². The normalized spacial score (nSPS) is 23.2. The molecule has 0 spiro atoms. The van der Waals surface area contributed by atoms with E-state index in [1.807, 2.05) is 13.8 Å². The minimum atomic E-state index is -0.563. The Morgan fingerprint density at radius 3 is 2.24 bits per heavy atom. The lowest BCUT2D eigenvalue weighted by Crippen LogP contribution is -2.53. The van der Waals surface area contributed by atoms with Crippen LogP contribution in [0.25, 0.3) is 0 Å². The van der Waals surface area contributed by atoms with Gasteiger partial charge in [-0.1, -0.05) is 20.8 Å². The molecule has 0 aliphatic heterocycles. The molecular formula is C16H30N2O3. The van der Waals surface area contributed by atoms with Gasteiger partial charge in [0.05, 0.1) is 0 Å². The molecular weight excluding hydrogens is 268 g/mol. The van der Waals surface area contributed by atoms with Gasteiger partial charge in [0.25, 0.3) is 0 Å². The number of rotatable bonds is 5. The second-order valence-electron chi connectivity index (χ2n) is 7.61. The van der Waals surface area contributed by atoms with Gasteiger partial charge in [-0.15, -0.1) is 0 Å². The molecule has 1 unspecified atom stereocenters. The van der Waals surface area contributed by atoms with Crippen LogP contribution in [0.4, 0.5) is 4.79 Å². The van der Waals surface area contributed by atoms with Crippen LogP contribution in [0, 0.1) is 11.8 Å². The van der Waals surface area contributed by atoms with Gasteiger partial charge in [0.15, 0.2) is 0 Å². The molecule has 5 nitrogen and oxygen atoms in total. The van der Waals surface area contributed by atoms with Gasteiger partial charge in [-0.3, -0.25) is 4.79 Å². The summed E-state index contributed by atoms with van der Waals surface area (Å²) in [5.41, 5.74) is -0.563. The second-order valence-corrected chi connectivity index (χ2v) is 7.61. The number of alkyl carbamates (subject to hydrolysis) is 1. The Hall–Kier alpha value is -1.26. The van der Waals surface area contributed by atoms with Crippen LogP contribution < -0.4 is 10.6 Å². The molecule has 21 heavy (non-hydrogen) atoms. The lowest BCUT2D eigenvalue weighted by molar-refractivity contribution is -0.125. The first-order chi connectivity index (χ1) is 9.56. The highest BCUT2D eigenvalue weighted by Gasteiger charge is 2.31. The molecule has 1 atom stereocenters. The maximum atomic E-state index is 12.3. The SMILES string of the molecule is CC(C)CC(NC(=O)OC(C)(C)C)C(=O)NC1CC(C)C1. The summed E-state index contributed by atoms with van der Waals surface area (Å²) in [5.74, 6) is 0.889. The molecule has 1 fully saturated rings. The third-order valence-electron chi connectivity index (χ3n) is 3.43. The fourth-order valence-corrected chi connectivity index (χ4v) is 2.47. The zero-order valence-corrected chi connectivity index (χ0v) is 14.2. The minimum absolute atomic E-state index is 0.105. The lowest BCUT2D eigenvalue weighted by Gasteiger charge is -2.34. The molecule has 0 aromatic carbocycles. The van der Waals surface area contributed by atoms with Crippen molar-refractivity contribution in [1.29, 1.82) is 0 Å². The van der Waals surface area contributed by atoms with Crippen LogP contribution in [-0.2, 0) is 9.53 Å². The van der Waals surface area contributed by atoms with E-state index in [0.29, 0.717) is 18.3 Å². The van der Waals surface area contributed by atoms with Gasteiger partial charge in [-0.05, 0) is 51.9 Å². The molecule has 0 heterocycles. The van der Waals surface area contributed by atoms with E-state index in [1.165, 1.54) is 0 Å². The van der Waals surface area contributed by atoms with Crippen LogP contribution in [-0.4, -0.2) is 29.7 Å². The molecule has 0 aromatic rings. The molecule has 0 saturated heterocycles. The molecule has 0 radical (unpaired) electrons. The number of hydrogen-bond acceptors (Lipinski definition) is 3. The predicted octanol–water partition coefficient (Wildman–Crippen LogP) is 2.84. The Kier molecular flexibility index (Phi) is 6.05. The van der Waals surface area contributed by atoms with Crippen LogP contribution in [0.2, 0.25) is 0 Å². The standard InChI is InChI=1S/C16H30N2O3/c1-10(2)7-13(18-15(20)21-16(4,5)6)14(19)17-12-8-11(3)9-12/h10-13H,7-9H2,1-6H3,(H,17,19)(H,18,20). The summed E-state index contributed by atoms with van der Waals surface area (Å²) in [4.78, 5) is 24.2. The molecule has 1 aliphatic carbocycles. The maximum absolute atomic E-state index is 12.3. The first-order valence-corrected chi connectivity index (χ1v) is 7.86. The summed E-state index contributed by atoms with van der Waals surface area (Å²) >= 11 is 0. The average Bonchev–Trinajstić information content (AvgIpc) is 2.22. The molecule has 1 aliphatic rings. The van der Waals surface area contributed by atoms with Crippen molar-refractivity contribution in [1.82, 2.24) is 10.6 Å². The second kappa shape index (κ2) is 7.14. The number of carbonyl (C=O) groups is 2. The van der Waals surface area contributed by atoms with Crippen molar-refractivity contribution in [2.45, 2.75) is 78.5 Å². The van der Waals surface area contributed by atoms with Crippen molar-refractivity contribution in [3.8, 4) is 0 Å². The highest BCUT2D eigenvalue weighted by Crippen LogP contribution is 2.26. The largest absolute Gasteiger partial charge is 0.444 e. The van der Waals surface area contributed by atoms with Gasteiger partial charge < -0.3 is 15.4 Å². The van der Waals surface area contributed by atoms with Crippen molar-refractivity contribution >= 4 is 12.0 Å². The number of hydrogen-bond donors (Lipinski definition) is 2. The van der Waals surface area contributed by atoms with Crippen molar-refractivity contribution in [2.75, 3.05) is 0 Å². The van der Waals surface area contributed by atoms with Crippen LogP contribution >= 0.6 is 0 Å². The van der Waals surface area contributed by atoms with Gasteiger partial charge in [-0.2, -0.15) is 0 Å². The van der Waals surface area contributed by atoms with Crippen LogP contribution in [0.5, 0.6) is 0 Å². The van der Waals surface area contributed by atoms with E-state index in [4.69, 9.17) is 4.74 Å². The molecule has 122 valence electrons. The van der Waals surface area contributed by atoms with E-state index in [2.05, 4.69) is 17.6 Å². The van der Waals surface area contributed by atoms with Gasteiger partial charge in [0, 0.05) is 6.04 Å². The third kappa shape index (κ3) is 6.82. The quantitative estimate of drug-likeness (QED) is 0.820.